The molecule has 2 rings (SSSR count). The van der Waals surface area contributed by atoms with Crippen molar-refractivity contribution in [3.8, 4) is 0 Å². The third-order valence-corrected chi connectivity index (χ3v) is 3.72. The number of hydrogen-bond acceptors (Lipinski definition) is 3. The smallest absolute Gasteiger partial charge is 0.335 e. The fourth-order valence-corrected chi connectivity index (χ4v) is 2.54. The molecule has 5 heteroatoms. The minimum atomic E-state index is -0.882. The first-order valence-corrected chi connectivity index (χ1v) is 6.49. The molecule has 1 N–H and O–H groups in total. The summed E-state index contributed by atoms with van der Waals surface area (Å²) in [7, 11) is 1.95. The molecular weight excluding hydrogens is 248 g/mol. The van der Waals surface area contributed by atoms with Gasteiger partial charge in [0.25, 0.3) is 0 Å². The molecule has 0 atom stereocenters. The Hall–Kier alpha value is -1.75. The van der Waals surface area contributed by atoms with E-state index in [0.29, 0.717) is 5.56 Å². The van der Waals surface area contributed by atoms with Crippen LogP contribution in [0.1, 0.15) is 21.7 Å². The second-order valence-electron chi connectivity index (χ2n) is 4.02. The van der Waals surface area contributed by atoms with E-state index in [1.54, 1.807) is 30.9 Å². The average molecular weight is 262 g/mol. The standard InChI is InChI=1S/C13H14N2O2S/c1-9-3-4-10(7-11(9)13(16)17)18-8-12-14-5-6-15(12)2/h3-7H,8H2,1-2H3,(H,16,17). The summed E-state index contributed by atoms with van der Waals surface area (Å²) >= 11 is 1.59. The van der Waals surface area contributed by atoms with Gasteiger partial charge >= 0.3 is 5.97 Å². The van der Waals surface area contributed by atoms with Gasteiger partial charge in [-0.3, -0.25) is 0 Å². The zero-order valence-corrected chi connectivity index (χ0v) is 11.1. The van der Waals surface area contributed by atoms with Crippen LogP contribution in [0.4, 0.5) is 0 Å². The molecule has 0 fully saturated rings. The third-order valence-electron chi connectivity index (χ3n) is 2.73. The van der Waals surface area contributed by atoms with Gasteiger partial charge in [0.05, 0.1) is 11.3 Å². The van der Waals surface area contributed by atoms with Crippen LogP contribution in [0.5, 0.6) is 0 Å². The van der Waals surface area contributed by atoms with Crippen LogP contribution in [0.3, 0.4) is 0 Å². The number of imidazole rings is 1. The minimum absolute atomic E-state index is 0.361. The van der Waals surface area contributed by atoms with Crippen molar-refractivity contribution < 1.29 is 9.90 Å². The SMILES string of the molecule is Cc1ccc(SCc2nccn2C)cc1C(=O)O. The molecule has 0 unspecified atom stereocenters. The molecule has 0 radical (unpaired) electrons. The first-order valence-electron chi connectivity index (χ1n) is 5.51. The summed E-state index contributed by atoms with van der Waals surface area (Å²) < 4.78 is 1.96. The van der Waals surface area contributed by atoms with Crippen LogP contribution in [0.25, 0.3) is 0 Å². The van der Waals surface area contributed by atoms with Crippen molar-refractivity contribution in [1.29, 1.82) is 0 Å². The highest BCUT2D eigenvalue weighted by atomic mass is 32.2. The summed E-state index contributed by atoms with van der Waals surface area (Å²) in [6.07, 6.45) is 3.65. The molecular formula is C13H14N2O2S. The maximum Gasteiger partial charge on any atom is 0.335 e. The predicted octanol–water partition coefficient (Wildman–Crippen LogP) is 2.72. The maximum atomic E-state index is 11.0. The van der Waals surface area contributed by atoms with Gasteiger partial charge in [-0.25, -0.2) is 9.78 Å². The van der Waals surface area contributed by atoms with Gasteiger partial charge in [0.1, 0.15) is 5.82 Å². The summed E-state index contributed by atoms with van der Waals surface area (Å²) in [5, 5.41) is 9.06. The van der Waals surface area contributed by atoms with Gasteiger partial charge in [0, 0.05) is 24.3 Å². The Morgan fingerprint density at radius 1 is 1.50 bits per heavy atom. The lowest BCUT2D eigenvalue weighted by Gasteiger charge is -2.05. The molecule has 4 nitrogen and oxygen atoms in total. The molecule has 0 aliphatic rings. The van der Waals surface area contributed by atoms with Crippen LogP contribution in [-0.4, -0.2) is 20.6 Å². The molecule has 1 aromatic heterocycles. The van der Waals surface area contributed by atoms with Crippen molar-refractivity contribution in [3.63, 3.8) is 0 Å². The van der Waals surface area contributed by atoms with E-state index in [1.165, 1.54) is 0 Å². The number of aromatic carboxylic acids is 1. The second kappa shape index (κ2) is 5.27. The third kappa shape index (κ3) is 2.73. The lowest BCUT2D eigenvalue weighted by Crippen LogP contribution is -2.00. The Kier molecular flexibility index (Phi) is 3.72. The largest absolute Gasteiger partial charge is 0.478 e. The highest BCUT2D eigenvalue weighted by Crippen LogP contribution is 2.24. The minimum Gasteiger partial charge on any atom is -0.478 e. The highest BCUT2D eigenvalue weighted by Gasteiger charge is 2.08. The Bertz CT molecular complexity index is 578. The van der Waals surface area contributed by atoms with Gasteiger partial charge < -0.3 is 9.67 Å². The van der Waals surface area contributed by atoms with Crippen molar-refractivity contribution in [2.24, 2.45) is 7.05 Å². The van der Waals surface area contributed by atoms with E-state index in [4.69, 9.17) is 5.11 Å². The predicted molar refractivity (Wildman–Crippen MR) is 70.9 cm³/mol. The number of thioether (sulfide) groups is 1. The molecule has 2 aromatic rings. The van der Waals surface area contributed by atoms with E-state index in [9.17, 15) is 4.79 Å². The van der Waals surface area contributed by atoms with E-state index in [0.717, 1.165) is 22.0 Å². The quantitative estimate of drug-likeness (QED) is 0.861. The first-order chi connectivity index (χ1) is 8.58. The van der Waals surface area contributed by atoms with E-state index < -0.39 is 5.97 Å². The van der Waals surface area contributed by atoms with Crippen molar-refractivity contribution in [1.82, 2.24) is 9.55 Å². The second-order valence-corrected chi connectivity index (χ2v) is 5.07. The monoisotopic (exact) mass is 262 g/mol. The molecule has 0 saturated heterocycles. The normalized spacial score (nSPS) is 10.6. The summed E-state index contributed by atoms with van der Waals surface area (Å²) in [5.74, 6) is 0.815. The Balaban J connectivity index is 2.13. The molecule has 0 amide bonds. The molecule has 1 heterocycles. The number of carboxylic acids is 1. The fraction of sp³-hybridized carbons (Fsp3) is 0.231. The molecule has 1 aromatic carbocycles. The molecule has 0 spiro atoms. The topological polar surface area (TPSA) is 55.1 Å². The number of benzene rings is 1. The van der Waals surface area contributed by atoms with Crippen molar-refractivity contribution >= 4 is 17.7 Å². The zero-order valence-electron chi connectivity index (χ0n) is 10.3. The maximum absolute atomic E-state index is 11.0. The van der Waals surface area contributed by atoms with Gasteiger partial charge in [-0.15, -0.1) is 11.8 Å². The summed E-state index contributed by atoms with van der Waals surface area (Å²) in [5.41, 5.74) is 1.14. The van der Waals surface area contributed by atoms with Gasteiger partial charge in [-0.05, 0) is 24.6 Å². The lowest BCUT2D eigenvalue weighted by molar-refractivity contribution is 0.0696. The van der Waals surface area contributed by atoms with Gasteiger partial charge in [0.2, 0.25) is 0 Å². The molecule has 18 heavy (non-hydrogen) atoms. The van der Waals surface area contributed by atoms with E-state index in [1.807, 2.05) is 29.9 Å². The van der Waals surface area contributed by atoms with Crippen LogP contribution >= 0.6 is 11.8 Å². The van der Waals surface area contributed by atoms with Crippen molar-refractivity contribution in [3.05, 3.63) is 47.5 Å². The lowest BCUT2D eigenvalue weighted by atomic mass is 10.1. The molecule has 0 saturated carbocycles. The van der Waals surface area contributed by atoms with E-state index in [2.05, 4.69) is 4.98 Å². The van der Waals surface area contributed by atoms with Crippen LogP contribution in [0, 0.1) is 6.92 Å². The number of rotatable bonds is 4. The summed E-state index contributed by atoms with van der Waals surface area (Å²) in [6.45, 7) is 1.80. The van der Waals surface area contributed by atoms with Crippen molar-refractivity contribution in [2.45, 2.75) is 17.6 Å². The van der Waals surface area contributed by atoms with Gasteiger partial charge in [-0.1, -0.05) is 6.07 Å². The number of aromatic nitrogens is 2. The van der Waals surface area contributed by atoms with Crippen molar-refractivity contribution in [2.75, 3.05) is 0 Å². The molecule has 94 valence electrons. The Morgan fingerprint density at radius 2 is 2.28 bits per heavy atom. The molecule has 0 bridgehead atoms. The zero-order chi connectivity index (χ0) is 13.1. The van der Waals surface area contributed by atoms with E-state index >= 15 is 0 Å². The number of carbonyl (C=O) groups is 1. The molecule has 0 aliphatic carbocycles. The Labute approximate surface area is 110 Å². The number of nitrogens with zero attached hydrogens (tertiary/aromatic N) is 2. The highest BCUT2D eigenvalue weighted by molar-refractivity contribution is 7.98. The van der Waals surface area contributed by atoms with Crippen LogP contribution < -0.4 is 0 Å². The van der Waals surface area contributed by atoms with Crippen LogP contribution in [-0.2, 0) is 12.8 Å². The summed E-state index contributed by atoms with van der Waals surface area (Å²) in [6, 6.07) is 5.49. The van der Waals surface area contributed by atoms with E-state index in [-0.39, 0.29) is 0 Å². The number of hydrogen-bond donors (Lipinski definition) is 1. The number of aryl methyl sites for hydroxylation is 2. The number of carboxylic acid groups (broad SMARTS) is 1. The Morgan fingerprint density at radius 3 is 2.89 bits per heavy atom. The van der Waals surface area contributed by atoms with Gasteiger partial charge in [-0.2, -0.15) is 0 Å². The first kappa shape index (κ1) is 12.7. The fourth-order valence-electron chi connectivity index (χ4n) is 1.60. The van der Waals surface area contributed by atoms with Gasteiger partial charge in [0.15, 0.2) is 0 Å². The van der Waals surface area contributed by atoms with Crippen LogP contribution in [0.15, 0.2) is 35.5 Å². The summed E-state index contributed by atoms with van der Waals surface area (Å²) in [4.78, 5) is 16.2. The molecule has 0 aliphatic heterocycles. The van der Waals surface area contributed by atoms with Crippen LogP contribution in [0.2, 0.25) is 0 Å². The average Bonchev–Trinajstić information content (AvgIpc) is 2.73.